The summed E-state index contributed by atoms with van der Waals surface area (Å²) in [4.78, 5) is 12.1. The lowest BCUT2D eigenvalue weighted by molar-refractivity contribution is -0.134. The molecule has 0 atom stereocenters. The lowest BCUT2D eigenvalue weighted by atomic mass is 9.67. The van der Waals surface area contributed by atoms with Crippen molar-refractivity contribution in [2.75, 3.05) is 6.61 Å². The van der Waals surface area contributed by atoms with Crippen LogP contribution in [0.2, 0.25) is 0 Å². The van der Waals surface area contributed by atoms with Crippen molar-refractivity contribution in [1.82, 2.24) is 0 Å². The zero-order valence-corrected chi connectivity index (χ0v) is 19.5. The molecule has 0 aliphatic rings. The Hall–Kier alpha value is -3.85. The Bertz CT molecular complexity index is 1070. The highest BCUT2D eigenvalue weighted by molar-refractivity contribution is 5.73. The number of para-hydroxylation sites is 2. The maximum atomic E-state index is 12.1. The molecule has 3 nitrogen and oxygen atoms in total. The minimum atomic E-state index is -0.391. The summed E-state index contributed by atoms with van der Waals surface area (Å²) in [5.74, 6) is 0.798. The summed E-state index contributed by atoms with van der Waals surface area (Å²) in [6, 6.07) is 39.1. The van der Waals surface area contributed by atoms with Crippen LogP contribution in [0.15, 0.2) is 115 Å². The maximum Gasteiger partial charge on any atom is 0.311 e. The quantitative estimate of drug-likeness (QED) is 0.146. The smallest absolute Gasteiger partial charge is 0.311 e. The van der Waals surface area contributed by atoms with Gasteiger partial charge in [-0.1, -0.05) is 110 Å². The monoisotopic (exact) mass is 450 g/mol. The molecule has 4 aromatic carbocycles. The Morgan fingerprint density at radius 3 is 1.56 bits per heavy atom. The van der Waals surface area contributed by atoms with E-state index >= 15 is 0 Å². The lowest BCUT2D eigenvalue weighted by Gasteiger charge is -2.36. The Balaban J connectivity index is 1.68. The van der Waals surface area contributed by atoms with Crippen LogP contribution in [0.25, 0.3) is 0 Å². The first-order valence-corrected chi connectivity index (χ1v) is 11.8. The molecule has 0 radical (unpaired) electrons. The third kappa shape index (κ3) is 5.20. The zero-order valence-electron chi connectivity index (χ0n) is 19.5. The van der Waals surface area contributed by atoms with Crippen LogP contribution in [0.5, 0.6) is 11.5 Å². The summed E-state index contributed by atoms with van der Waals surface area (Å²) in [5.41, 5.74) is 3.23. The minimum absolute atomic E-state index is 0.245. The molecule has 4 rings (SSSR count). The molecule has 0 unspecified atom stereocenters. The van der Waals surface area contributed by atoms with Gasteiger partial charge in [-0.3, -0.25) is 4.79 Å². The van der Waals surface area contributed by atoms with E-state index in [4.69, 9.17) is 9.47 Å². The Morgan fingerprint density at radius 1 is 0.647 bits per heavy atom. The van der Waals surface area contributed by atoms with Gasteiger partial charge in [-0.2, -0.15) is 0 Å². The Labute approximate surface area is 202 Å². The fourth-order valence-electron chi connectivity index (χ4n) is 4.45. The predicted octanol–water partition coefficient (Wildman–Crippen LogP) is 7.20. The van der Waals surface area contributed by atoms with Gasteiger partial charge >= 0.3 is 5.97 Å². The van der Waals surface area contributed by atoms with Crippen LogP contribution in [0.3, 0.4) is 0 Å². The van der Waals surface area contributed by atoms with Crippen LogP contribution < -0.4 is 9.47 Å². The third-order valence-corrected chi connectivity index (χ3v) is 6.06. The number of hydrogen-bond donors (Lipinski definition) is 0. The SMILES string of the molecule is CCCC(=O)Oc1ccccc1OCCC(c1ccccc1)(c1ccccc1)c1ccccc1. The summed E-state index contributed by atoms with van der Waals surface area (Å²) in [6.07, 6.45) is 1.84. The number of esters is 1. The van der Waals surface area contributed by atoms with Crippen molar-refractivity contribution in [2.24, 2.45) is 0 Å². The van der Waals surface area contributed by atoms with Crippen LogP contribution in [0.4, 0.5) is 0 Å². The molecule has 0 amide bonds. The molecule has 0 aliphatic carbocycles. The van der Waals surface area contributed by atoms with Crippen LogP contribution in [0, 0.1) is 0 Å². The van der Waals surface area contributed by atoms with E-state index in [1.54, 1.807) is 6.07 Å². The first-order valence-electron chi connectivity index (χ1n) is 11.8. The maximum absolute atomic E-state index is 12.1. The number of hydrogen-bond acceptors (Lipinski definition) is 3. The van der Waals surface area contributed by atoms with Crippen LogP contribution in [-0.4, -0.2) is 12.6 Å². The van der Waals surface area contributed by atoms with E-state index in [0.717, 1.165) is 6.42 Å². The van der Waals surface area contributed by atoms with Crippen molar-refractivity contribution in [2.45, 2.75) is 31.6 Å². The molecule has 34 heavy (non-hydrogen) atoms. The second kappa shape index (κ2) is 11.3. The molecule has 0 heterocycles. The van der Waals surface area contributed by atoms with Crippen molar-refractivity contribution in [1.29, 1.82) is 0 Å². The van der Waals surface area contributed by atoms with E-state index in [1.807, 2.05) is 43.3 Å². The third-order valence-electron chi connectivity index (χ3n) is 6.06. The summed E-state index contributed by atoms with van der Waals surface area (Å²) >= 11 is 0. The molecule has 0 saturated carbocycles. The molecule has 0 N–H and O–H groups in total. The first-order chi connectivity index (χ1) is 16.7. The number of rotatable bonds is 10. The summed E-state index contributed by atoms with van der Waals surface area (Å²) in [6.45, 7) is 2.40. The molecular formula is C31H30O3. The van der Waals surface area contributed by atoms with Gasteiger partial charge in [-0.15, -0.1) is 0 Å². The molecule has 0 spiro atoms. The second-order valence-electron chi connectivity index (χ2n) is 8.27. The average molecular weight is 451 g/mol. The van der Waals surface area contributed by atoms with Crippen molar-refractivity contribution < 1.29 is 14.3 Å². The van der Waals surface area contributed by atoms with Crippen LogP contribution in [-0.2, 0) is 10.2 Å². The van der Waals surface area contributed by atoms with E-state index in [-0.39, 0.29) is 5.97 Å². The summed E-state index contributed by atoms with van der Waals surface area (Å²) < 4.78 is 11.8. The molecule has 0 saturated heterocycles. The number of ether oxygens (including phenoxy) is 2. The molecule has 3 heteroatoms. The molecule has 0 aromatic heterocycles. The van der Waals surface area contributed by atoms with E-state index in [2.05, 4.69) is 72.8 Å². The number of carbonyl (C=O) groups excluding carboxylic acids is 1. The van der Waals surface area contributed by atoms with Crippen molar-refractivity contribution in [3.8, 4) is 11.5 Å². The standard InChI is InChI=1S/C31H30O3/c1-2-14-30(32)34-29-22-13-12-21-28(29)33-24-23-31(25-15-6-3-7-16-25,26-17-8-4-9-18-26)27-19-10-5-11-20-27/h3-13,15-22H,2,14,23-24H2,1H3. The fraction of sp³-hybridized carbons (Fsp3) is 0.194. The molecule has 4 aromatic rings. The van der Waals surface area contributed by atoms with Gasteiger partial charge in [0.25, 0.3) is 0 Å². The van der Waals surface area contributed by atoms with Crippen molar-refractivity contribution in [3.05, 3.63) is 132 Å². The highest BCUT2D eigenvalue weighted by atomic mass is 16.6. The average Bonchev–Trinajstić information content (AvgIpc) is 2.89. The second-order valence-corrected chi connectivity index (χ2v) is 8.27. The first kappa shape index (κ1) is 23.3. The fourth-order valence-corrected chi connectivity index (χ4v) is 4.45. The molecule has 0 bridgehead atoms. The highest BCUT2D eigenvalue weighted by Gasteiger charge is 2.36. The van der Waals surface area contributed by atoms with Crippen molar-refractivity contribution in [3.63, 3.8) is 0 Å². The molecule has 0 aliphatic heterocycles. The molecule has 172 valence electrons. The van der Waals surface area contributed by atoms with E-state index < -0.39 is 5.41 Å². The topological polar surface area (TPSA) is 35.5 Å². The van der Waals surface area contributed by atoms with E-state index in [1.165, 1.54) is 16.7 Å². The largest absolute Gasteiger partial charge is 0.490 e. The Kier molecular flexibility index (Phi) is 7.77. The van der Waals surface area contributed by atoms with Gasteiger partial charge in [0, 0.05) is 11.8 Å². The van der Waals surface area contributed by atoms with Gasteiger partial charge < -0.3 is 9.47 Å². The van der Waals surface area contributed by atoms with E-state index in [9.17, 15) is 4.79 Å². The van der Waals surface area contributed by atoms with Gasteiger partial charge in [0.1, 0.15) is 0 Å². The van der Waals surface area contributed by atoms with Crippen molar-refractivity contribution >= 4 is 5.97 Å². The minimum Gasteiger partial charge on any atom is -0.490 e. The van der Waals surface area contributed by atoms with Gasteiger partial charge in [0.2, 0.25) is 0 Å². The molecular weight excluding hydrogens is 420 g/mol. The van der Waals surface area contributed by atoms with Gasteiger partial charge in [-0.25, -0.2) is 0 Å². The number of carbonyl (C=O) groups is 1. The normalized spacial score (nSPS) is 11.1. The van der Waals surface area contributed by atoms with Gasteiger partial charge in [-0.05, 0) is 41.7 Å². The van der Waals surface area contributed by atoms with Gasteiger partial charge in [0.15, 0.2) is 11.5 Å². The zero-order chi connectivity index (χ0) is 23.6. The van der Waals surface area contributed by atoms with Crippen LogP contribution >= 0.6 is 0 Å². The Morgan fingerprint density at radius 2 is 1.09 bits per heavy atom. The van der Waals surface area contributed by atoms with Gasteiger partial charge in [0.05, 0.1) is 6.61 Å². The highest BCUT2D eigenvalue weighted by Crippen LogP contribution is 2.42. The molecule has 0 fully saturated rings. The predicted molar refractivity (Wildman–Crippen MR) is 136 cm³/mol. The lowest BCUT2D eigenvalue weighted by Crippen LogP contribution is -2.31. The van der Waals surface area contributed by atoms with Crippen LogP contribution in [0.1, 0.15) is 42.9 Å². The summed E-state index contributed by atoms with van der Waals surface area (Å²) in [5, 5.41) is 0. The summed E-state index contributed by atoms with van der Waals surface area (Å²) in [7, 11) is 0. The van der Waals surface area contributed by atoms with E-state index in [0.29, 0.717) is 30.9 Å². The number of benzene rings is 4.